The number of aliphatic hydroxyl groups is 1. The van der Waals surface area contributed by atoms with Gasteiger partial charge in [0.25, 0.3) is 0 Å². The third kappa shape index (κ3) is 15.4. The molecule has 0 radical (unpaired) electrons. The third-order valence-electron chi connectivity index (χ3n) is 5.03. The Morgan fingerprint density at radius 2 is 1.00 bits per heavy atom. The maximum atomic E-state index is 11.2. The standard InChI is InChI=1S/C20H42O4S.K/c1-3-5-6-7-8-9-10-11-12-13-14-15-16-17-19-20(21,18-4-2)25(22,23)24;/h21H,3-19H2,1-2H3,(H,22,23,24);/q;+1/p-1. The van der Waals surface area contributed by atoms with Gasteiger partial charge in [0.2, 0.25) is 0 Å². The summed E-state index contributed by atoms with van der Waals surface area (Å²) < 4.78 is 33.6. The minimum atomic E-state index is -4.64. The van der Waals surface area contributed by atoms with Gasteiger partial charge >= 0.3 is 51.4 Å². The predicted octanol–water partition coefficient (Wildman–Crippen LogP) is 2.90. The number of rotatable bonds is 18. The van der Waals surface area contributed by atoms with Crippen molar-refractivity contribution in [3.05, 3.63) is 0 Å². The molecule has 1 N–H and O–H groups in total. The Balaban J connectivity index is 0. The molecule has 0 heterocycles. The Labute approximate surface area is 205 Å². The summed E-state index contributed by atoms with van der Waals surface area (Å²) in [6, 6.07) is 0. The molecule has 0 spiro atoms. The summed E-state index contributed by atoms with van der Waals surface area (Å²) in [4.78, 5) is -2.06. The average molecular weight is 417 g/mol. The Hall–Kier alpha value is 1.51. The summed E-state index contributed by atoms with van der Waals surface area (Å²) in [6.45, 7) is 4.03. The average Bonchev–Trinajstić information content (AvgIpc) is 2.54. The molecule has 1 atom stereocenters. The van der Waals surface area contributed by atoms with E-state index in [1.54, 1.807) is 6.92 Å². The first-order chi connectivity index (χ1) is 11.9. The summed E-state index contributed by atoms with van der Waals surface area (Å²) >= 11 is 0. The van der Waals surface area contributed by atoms with Gasteiger partial charge in [-0.15, -0.1) is 0 Å². The topological polar surface area (TPSA) is 77.4 Å². The molecule has 0 aromatic carbocycles. The van der Waals surface area contributed by atoms with Crippen molar-refractivity contribution in [2.45, 2.75) is 128 Å². The fourth-order valence-corrected chi connectivity index (χ4v) is 4.21. The van der Waals surface area contributed by atoms with Gasteiger partial charge in [-0.05, 0) is 19.3 Å². The predicted molar refractivity (Wildman–Crippen MR) is 104 cm³/mol. The summed E-state index contributed by atoms with van der Waals surface area (Å²) in [5.74, 6) is 0. The second-order valence-electron chi connectivity index (χ2n) is 7.50. The van der Waals surface area contributed by atoms with Crippen molar-refractivity contribution < 1.29 is 69.5 Å². The Morgan fingerprint density at radius 1 is 0.654 bits per heavy atom. The second kappa shape index (κ2) is 18.5. The normalized spacial score (nSPS) is 14.0. The van der Waals surface area contributed by atoms with E-state index in [9.17, 15) is 18.1 Å². The fraction of sp³-hybridized carbons (Fsp3) is 1.00. The Morgan fingerprint density at radius 3 is 1.31 bits per heavy atom. The van der Waals surface area contributed by atoms with Crippen molar-refractivity contribution in [3.63, 3.8) is 0 Å². The van der Waals surface area contributed by atoms with E-state index in [-0.39, 0.29) is 64.2 Å². The minimum absolute atomic E-state index is 0. The number of hydrogen-bond acceptors (Lipinski definition) is 4. The van der Waals surface area contributed by atoms with E-state index >= 15 is 0 Å². The molecule has 0 aliphatic heterocycles. The quantitative estimate of drug-likeness (QED) is 0.212. The zero-order valence-electron chi connectivity index (χ0n) is 17.6. The number of hydrogen-bond donors (Lipinski definition) is 1. The summed E-state index contributed by atoms with van der Waals surface area (Å²) in [7, 11) is -4.64. The largest absolute Gasteiger partial charge is 1.00 e. The van der Waals surface area contributed by atoms with Gasteiger partial charge in [-0.25, -0.2) is 8.42 Å². The molecule has 0 amide bonds. The van der Waals surface area contributed by atoms with E-state index < -0.39 is 15.1 Å². The van der Waals surface area contributed by atoms with E-state index in [2.05, 4.69) is 6.92 Å². The van der Waals surface area contributed by atoms with E-state index in [0.29, 0.717) is 12.8 Å². The van der Waals surface area contributed by atoms with Gasteiger partial charge in [0, 0.05) is 0 Å². The molecule has 0 aliphatic carbocycles. The van der Waals surface area contributed by atoms with Crippen molar-refractivity contribution in [1.82, 2.24) is 0 Å². The van der Waals surface area contributed by atoms with Crippen LogP contribution in [0.4, 0.5) is 0 Å². The van der Waals surface area contributed by atoms with Crippen molar-refractivity contribution >= 4 is 10.1 Å². The van der Waals surface area contributed by atoms with Crippen molar-refractivity contribution in [2.24, 2.45) is 0 Å². The monoisotopic (exact) mass is 416 g/mol. The van der Waals surface area contributed by atoms with E-state index in [1.165, 1.54) is 64.2 Å². The zero-order chi connectivity index (χ0) is 19.0. The van der Waals surface area contributed by atoms with Gasteiger partial charge in [0.15, 0.2) is 4.93 Å². The van der Waals surface area contributed by atoms with Crippen LogP contribution in [0.15, 0.2) is 0 Å². The summed E-state index contributed by atoms with van der Waals surface area (Å²) in [5.41, 5.74) is 0. The molecule has 0 aromatic heterocycles. The fourth-order valence-electron chi connectivity index (χ4n) is 3.36. The Kier molecular flexibility index (Phi) is 21.2. The molecule has 26 heavy (non-hydrogen) atoms. The van der Waals surface area contributed by atoms with Crippen LogP contribution in [0.5, 0.6) is 0 Å². The van der Waals surface area contributed by atoms with E-state index in [0.717, 1.165) is 19.3 Å². The van der Waals surface area contributed by atoms with Crippen LogP contribution in [0.3, 0.4) is 0 Å². The Bertz CT molecular complexity index is 401. The van der Waals surface area contributed by atoms with Crippen LogP contribution in [0.1, 0.15) is 123 Å². The third-order valence-corrected chi connectivity index (χ3v) is 6.37. The van der Waals surface area contributed by atoms with E-state index in [4.69, 9.17) is 0 Å². The first-order valence-corrected chi connectivity index (χ1v) is 12.0. The van der Waals surface area contributed by atoms with Gasteiger partial charge in [-0.1, -0.05) is 104 Å². The van der Waals surface area contributed by atoms with Crippen LogP contribution in [0.2, 0.25) is 0 Å². The molecule has 4 nitrogen and oxygen atoms in total. The molecule has 0 fully saturated rings. The van der Waals surface area contributed by atoms with E-state index in [1.807, 2.05) is 0 Å². The van der Waals surface area contributed by atoms with Gasteiger partial charge in [-0.3, -0.25) is 0 Å². The molecule has 0 aromatic rings. The summed E-state index contributed by atoms with van der Waals surface area (Å²) in [5, 5.41) is 10.0. The van der Waals surface area contributed by atoms with Crippen LogP contribution in [-0.2, 0) is 10.1 Å². The molecule has 6 heteroatoms. The maximum Gasteiger partial charge on any atom is 1.00 e. The molecule has 0 rings (SSSR count). The van der Waals surface area contributed by atoms with Gasteiger partial charge < -0.3 is 9.66 Å². The van der Waals surface area contributed by atoms with Gasteiger partial charge in [0.05, 0.1) is 0 Å². The smallest absolute Gasteiger partial charge is 0.746 e. The maximum absolute atomic E-state index is 11.2. The number of unbranched alkanes of at least 4 members (excludes halogenated alkanes) is 13. The zero-order valence-corrected chi connectivity index (χ0v) is 21.5. The molecule has 1 unspecified atom stereocenters. The van der Waals surface area contributed by atoms with Gasteiger partial charge in [0.1, 0.15) is 10.1 Å². The SMILES string of the molecule is CCCCCCCCCCCCCCCCC(O)(CCC)S(=O)(=O)[O-].[K+]. The molecular weight excluding hydrogens is 375 g/mol. The van der Waals surface area contributed by atoms with Crippen LogP contribution >= 0.6 is 0 Å². The first kappa shape index (κ1) is 29.7. The molecule has 0 aliphatic rings. The van der Waals surface area contributed by atoms with Crippen LogP contribution in [-0.4, -0.2) is 23.0 Å². The molecule has 152 valence electrons. The van der Waals surface area contributed by atoms with Crippen molar-refractivity contribution in [2.75, 3.05) is 0 Å². The van der Waals surface area contributed by atoms with Crippen molar-refractivity contribution in [3.8, 4) is 0 Å². The van der Waals surface area contributed by atoms with Gasteiger partial charge in [-0.2, -0.15) is 0 Å². The molecule has 0 saturated heterocycles. The summed E-state index contributed by atoms with van der Waals surface area (Å²) in [6.07, 6.45) is 17.7. The molecular formula is C20H41KO4S. The van der Waals surface area contributed by atoms with Crippen LogP contribution < -0.4 is 51.4 Å². The molecule has 0 bridgehead atoms. The van der Waals surface area contributed by atoms with Crippen LogP contribution in [0.25, 0.3) is 0 Å². The second-order valence-corrected chi connectivity index (χ2v) is 9.16. The first-order valence-electron chi connectivity index (χ1n) is 10.5. The minimum Gasteiger partial charge on any atom is -0.746 e. The van der Waals surface area contributed by atoms with Crippen LogP contribution in [0, 0.1) is 0 Å². The molecule has 0 saturated carbocycles. The van der Waals surface area contributed by atoms with Crippen molar-refractivity contribution in [1.29, 1.82) is 0 Å².